The van der Waals surface area contributed by atoms with E-state index in [1.54, 1.807) is 18.2 Å². The van der Waals surface area contributed by atoms with Gasteiger partial charge in [-0.25, -0.2) is 0 Å². The van der Waals surface area contributed by atoms with Crippen LogP contribution in [0.1, 0.15) is 32.1 Å². The van der Waals surface area contributed by atoms with Crippen LogP contribution in [0.2, 0.25) is 10.0 Å². The average Bonchev–Trinajstić information content (AvgIpc) is 2.95. The molecular weight excluding hydrogens is 281 g/mol. The quantitative estimate of drug-likeness (QED) is 0.856. The zero-order valence-electron chi connectivity index (χ0n) is 10.7. The third kappa shape index (κ3) is 2.90. The maximum atomic E-state index is 12.1. The Morgan fingerprint density at radius 3 is 2.74 bits per heavy atom. The molecular formula is C15H17Cl2NO. The summed E-state index contributed by atoms with van der Waals surface area (Å²) in [6, 6.07) is 5.14. The van der Waals surface area contributed by atoms with Gasteiger partial charge in [0.25, 0.3) is 0 Å². The molecule has 0 aliphatic heterocycles. The number of hydrogen-bond donors (Lipinski definition) is 1. The van der Waals surface area contributed by atoms with Crippen molar-refractivity contribution in [3.8, 4) is 0 Å². The Hall–Kier alpha value is -0.730. The van der Waals surface area contributed by atoms with E-state index in [-0.39, 0.29) is 5.91 Å². The van der Waals surface area contributed by atoms with Gasteiger partial charge in [-0.05, 0) is 55.2 Å². The van der Waals surface area contributed by atoms with E-state index < -0.39 is 0 Å². The molecule has 2 bridgehead atoms. The predicted octanol–water partition coefficient (Wildman–Crippen LogP) is 4.76. The lowest BCUT2D eigenvalue weighted by Crippen LogP contribution is -2.20. The molecule has 4 heteroatoms. The number of nitrogens with one attached hydrogen (secondary N) is 1. The van der Waals surface area contributed by atoms with Gasteiger partial charge < -0.3 is 5.32 Å². The van der Waals surface area contributed by atoms with Crippen molar-refractivity contribution in [2.24, 2.45) is 17.8 Å². The van der Waals surface area contributed by atoms with Crippen LogP contribution in [0.15, 0.2) is 18.2 Å². The monoisotopic (exact) mass is 297 g/mol. The summed E-state index contributed by atoms with van der Waals surface area (Å²) in [7, 11) is 0. The minimum Gasteiger partial charge on any atom is -0.325 e. The topological polar surface area (TPSA) is 29.1 Å². The number of carbonyl (C=O) groups is 1. The Bertz CT molecular complexity index is 503. The van der Waals surface area contributed by atoms with Gasteiger partial charge in [0.2, 0.25) is 5.91 Å². The van der Waals surface area contributed by atoms with Crippen LogP contribution in [-0.2, 0) is 4.79 Å². The Morgan fingerprint density at radius 1 is 1.26 bits per heavy atom. The molecule has 19 heavy (non-hydrogen) atoms. The number of benzene rings is 1. The molecule has 2 saturated carbocycles. The van der Waals surface area contributed by atoms with Crippen molar-refractivity contribution in [3.05, 3.63) is 28.2 Å². The molecule has 0 aromatic heterocycles. The largest absolute Gasteiger partial charge is 0.325 e. The number of anilines is 1. The summed E-state index contributed by atoms with van der Waals surface area (Å²) in [5, 5.41) is 3.97. The number of amides is 1. The van der Waals surface area contributed by atoms with Crippen LogP contribution in [0.5, 0.6) is 0 Å². The third-order valence-electron chi connectivity index (χ3n) is 4.54. The van der Waals surface area contributed by atoms with E-state index >= 15 is 0 Å². The molecule has 0 unspecified atom stereocenters. The molecule has 2 nitrogen and oxygen atoms in total. The molecule has 2 aliphatic rings. The molecule has 1 N–H and O–H groups in total. The van der Waals surface area contributed by atoms with Crippen LogP contribution in [0.25, 0.3) is 0 Å². The van der Waals surface area contributed by atoms with Crippen molar-refractivity contribution in [1.82, 2.24) is 0 Å². The van der Waals surface area contributed by atoms with Crippen LogP contribution in [0.3, 0.4) is 0 Å². The fraction of sp³-hybridized carbons (Fsp3) is 0.533. The first-order chi connectivity index (χ1) is 9.11. The maximum Gasteiger partial charge on any atom is 0.224 e. The standard InChI is InChI=1S/C15H17Cl2NO/c16-12-3-4-14(13(17)8-12)18-15(19)7-11-6-9-1-2-10(11)5-9/h3-4,8-11H,1-2,5-7H2,(H,18,19)/t9-,10-,11+/m0/s1. The number of hydrogen-bond acceptors (Lipinski definition) is 1. The van der Waals surface area contributed by atoms with Gasteiger partial charge in [0.1, 0.15) is 0 Å². The minimum atomic E-state index is 0.0711. The normalized spacial score (nSPS) is 28.6. The average molecular weight is 298 g/mol. The number of halogens is 2. The first-order valence-corrected chi connectivity index (χ1v) is 7.62. The predicted molar refractivity (Wildman–Crippen MR) is 78.6 cm³/mol. The van der Waals surface area contributed by atoms with Gasteiger partial charge in [-0.15, -0.1) is 0 Å². The second-order valence-corrected chi connectivity index (χ2v) is 6.66. The lowest BCUT2D eigenvalue weighted by atomic mass is 9.86. The minimum absolute atomic E-state index is 0.0711. The summed E-state index contributed by atoms with van der Waals surface area (Å²) in [4.78, 5) is 12.1. The van der Waals surface area contributed by atoms with Crippen LogP contribution in [0, 0.1) is 17.8 Å². The Kier molecular flexibility index (Phi) is 3.72. The van der Waals surface area contributed by atoms with E-state index in [0.29, 0.717) is 28.1 Å². The van der Waals surface area contributed by atoms with Crippen molar-refractivity contribution in [2.75, 3.05) is 5.32 Å². The fourth-order valence-electron chi connectivity index (χ4n) is 3.66. The van der Waals surface area contributed by atoms with Gasteiger partial charge >= 0.3 is 0 Å². The van der Waals surface area contributed by atoms with E-state index in [9.17, 15) is 4.79 Å². The van der Waals surface area contributed by atoms with E-state index in [1.807, 2.05) is 0 Å². The van der Waals surface area contributed by atoms with Gasteiger partial charge in [-0.2, -0.15) is 0 Å². The molecule has 102 valence electrons. The molecule has 3 atom stereocenters. The molecule has 3 rings (SSSR count). The summed E-state index contributed by atoms with van der Waals surface area (Å²) in [6.07, 6.45) is 5.86. The summed E-state index contributed by atoms with van der Waals surface area (Å²) < 4.78 is 0. The molecule has 0 radical (unpaired) electrons. The highest BCUT2D eigenvalue weighted by molar-refractivity contribution is 6.36. The van der Waals surface area contributed by atoms with Gasteiger partial charge in [0.15, 0.2) is 0 Å². The SMILES string of the molecule is O=C(C[C@H]1C[C@H]2CC[C@H]1C2)Nc1ccc(Cl)cc1Cl. The lowest BCUT2D eigenvalue weighted by molar-refractivity contribution is -0.117. The van der Waals surface area contributed by atoms with Gasteiger partial charge in [0, 0.05) is 11.4 Å². The highest BCUT2D eigenvalue weighted by atomic mass is 35.5. The second kappa shape index (κ2) is 5.34. The molecule has 2 fully saturated rings. The first-order valence-electron chi connectivity index (χ1n) is 6.86. The third-order valence-corrected chi connectivity index (χ3v) is 5.09. The van der Waals surface area contributed by atoms with Gasteiger partial charge in [-0.3, -0.25) is 4.79 Å². The Labute approximate surface area is 123 Å². The van der Waals surface area contributed by atoms with Crippen molar-refractivity contribution < 1.29 is 4.79 Å². The molecule has 2 aliphatic carbocycles. The molecule has 1 amide bonds. The number of carbonyl (C=O) groups excluding carboxylic acids is 1. The highest BCUT2D eigenvalue weighted by Gasteiger charge is 2.40. The number of rotatable bonds is 3. The van der Waals surface area contributed by atoms with E-state index in [0.717, 1.165) is 11.8 Å². The zero-order valence-corrected chi connectivity index (χ0v) is 12.2. The summed E-state index contributed by atoms with van der Waals surface area (Å²) in [6.45, 7) is 0. The molecule has 1 aromatic carbocycles. The summed E-state index contributed by atoms with van der Waals surface area (Å²) >= 11 is 11.9. The summed E-state index contributed by atoms with van der Waals surface area (Å²) in [5.74, 6) is 2.30. The van der Waals surface area contributed by atoms with Crippen LogP contribution in [-0.4, -0.2) is 5.91 Å². The van der Waals surface area contributed by atoms with Gasteiger partial charge in [0.05, 0.1) is 10.7 Å². The summed E-state index contributed by atoms with van der Waals surface area (Å²) in [5.41, 5.74) is 0.652. The highest BCUT2D eigenvalue weighted by Crippen LogP contribution is 2.49. The van der Waals surface area contributed by atoms with E-state index in [2.05, 4.69) is 5.32 Å². The maximum absolute atomic E-state index is 12.1. The van der Waals surface area contributed by atoms with E-state index in [1.165, 1.54) is 25.7 Å². The Morgan fingerprint density at radius 2 is 2.11 bits per heavy atom. The van der Waals surface area contributed by atoms with Crippen LogP contribution >= 0.6 is 23.2 Å². The van der Waals surface area contributed by atoms with Crippen LogP contribution < -0.4 is 5.32 Å². The zero-order chi connectivity index (χ0) is 13.4. The first kappa shape index (κ1) is 13.3. The molecule has 1 aromatic rings. The fourth-order valence-corrected chi connectivity index (χ4v) is 4.11. The molecule has 0 spiro atoms. The smallest absolute Gasteiger partial charge is 0.224 e. The van der Waals surface area contributed by atoms with Gasteiger partial charge in [-0.1, -0.05) is 29.6 Å². The lowest BCUT2D eigenvalue weighted by Gasteiger charge is -2.21. The van der Waals surface area contributed by atoms with Crippen LogP contribution in [0.4, 0.5) is 5.69 Å². The Balaban J connectivity index is 1.59. The van der Waals surface area contributed by atoms with Crippen molar-refractivity contribution in [3.63, 3.8) is 0 Å². The second-order valence-electron chi connectivity index (χ2n) is 5.81. The van der Waals surface area contributed by atoms with Crippen molar-refractivity contribution in [2.45, 2.75) is 32.1 Å². The molecule has 0 heterocycles. The number of fused-ring (bicyclic) bond motifs is 2. The van der Waals surface area contributed by atoms with E-state index in [4.69, 9.17) is 23.2 Å². The van der Waals surface area contributed by atoms with Crippen molar-refractivity contribution >= 4 is 34.8 Å². The van der Waals surface area contributed by atoms with Crippen molar-refractivity contribution in [1.29, 1.82) is 0 Å². The molecule has 0 saturated heterocycles.